The second-order valence-electron chi connectivity index (χ2n) is 9.07. The number of halogens is 1. The molecule has 0 spiro atoms. The Balaban J connectivity index is 1.24. The van der Waals surface area contributed by atoms with Gasteiger partial charge >= 0.3 is 0 Å². The number of benzene rings is 1. The molecule has 2 fully saturated rings. The summed E-state index contributed by atoms with van der Waals surface area (Å²) in [6, 6.07) is 7.54. The van der Waals surface area contributed by atoms with Crippen molar-refractivity contribution in [3.63, 3.8) is 0 Å². The van der Waals surface area contributed by atoms with Gasteiger partial charge in [-0.1, -0.05) is 23.7 Å². The number of nitrogens with one attached hydrogen (secondary N) is 1. The molecule has 0 radical (unpaired) electrons. The summed E-state index contributed by atoms with van der Waals surface area (Å²) in [5, 5.41) is 6.61. The maximum absolute atomic E-state index is 13.9. The topological polar surface area (TPSA) is 79.6 Å². The van der Waals surface area contributed by atoms with Crippen LogP contribution in [0.25, 0.3) is 15.4 Å². The highest BCUT2D eigenvalue weighted by Gasteiger charge is 2.34. The number of carbonyl (C=O) groups excluding carboxylic acids is 2. The highest BCUT2D eigenvalue weighted by atomic mass is 35.5. The molecule has 1 aliphatic carbocycles. The molecule has 180 valence electrons. The van der Waals surface area contributed by atoms with E-state index >= 15 is 0 Å². The van der Waals surface area contributed by atoms with Gasteiger partial charge in [-0.05, 0) is 49.8 Å². The molecule has 1 aliphatic heterocycles. The molecule has 4 heterocycles. The van der Waals surface area contributed by atoms with Crippen molar-refractivity contribution < 1.29 is 9.59 Å². The van der Waals surface area contributed by atoms with Gasteiger partial charge in [0.15, 0.2) is 4.96 Å². The van der Waals surface area contributed by atoms with Gasteiger partial charge in [0.25, 0.3) is 11.8 Å². The van der Waals surface area contributed by atoms with Crippen molar-refractivity contribution in [3.05, 3.63) is 63.5 Å². The van der Waals surface area contributed by atoms with Crippen LogP contribution in [-0.4, -0.2) is 50.2 Å². The van der Waals surface area contributed by atoms with Crippen molar-refractivity contribution in [1.29, 1.82) is 0 Å². The Kier molecular flexibility index (Phi) is 6.07. The van der Waals surface area contributed by atoms with E-state index in [9.17, 15) is 9.59 Å². The zero-order valence-corrected chi connectivity index (χ0v) is 21.3. The van der Waals surface area contributed by atoms with E-state index in [1.54, 1.807) is 21.9 Å². The molecule has 1 saturated carbocycles. The Morgan fingerprint density at radius 3 is 2.91 bits per heavy atom. The van der Waals surface area contributed by atoms with Gasteiger partial charge in [-0.15, -0.1) is 22.7 Å². The van der Waals surface area contributed by atoms with Crippen LogP contribution < -0.4 is 5.32 Å². The number of nitrogens with zero attached hydrogens (tertiary/aromatic N) is 4. The second kappa shape index (κ2) is 9.37. The van der Waals surface area contributed by atoms with Crippen molar-refractivity contribution in [2.24, 2.45) is 0 Å². The van der Waals surface area contributed by atoms with Crippen LogP contribution in [0.15, 0.2) is 42.0 Å². The molecule has 7 nitrogen and oxygen atoms in total. The number of likely N-dealkylation sites (tertiary alicyclic amines) is 1. The van der Waals surface area contributed by atoms with Crippen LogP contribution in [0.3, 0.4) is 0 Å². The predicted molar refractivity (Wildman–Crippen MR) is 139 cm³/mol. The highest BCUT2D eigenvalue weighted by Crippen LogP contribution is 2.45. The van der Waals surface area contributed by atoms with Gasteiger partial charge < -0.3 is 10.2 Å². The van der Waals surface area contributed by atoms with Crippen LogP contribution in [0.5, 0.6) is 0 Å². The van der Waals surface area contributed by atoms with Gasteiger partial charge in [0, 0.05) is 41.6 Å². The summed E-state index contributed by atoms with van der Waals surface area (Å²) < 4.78 is 1.79. The third-order valence-electron chi connectivity index (χ3n) is 6.62. The van der Waals surface area contributed by atoms with E-state index < -0.39 is 0 Å². The van der Waals surface area contributed by atoms with Gasteiger partial charge in [-0.2, -0.15) is 0 Å². The lowest BCUT2D eigenvalue weighted by Crippen LogP contribution is -2.49. The van der Waals surface area contributed by atoms with Crippen LogP contribution >= 0.6 is 34.3 Å². The van der Waals surface area contributed by atoms with Gasteiger partial charge in [0.1, 0.15) is 11.4 Å². The second-order valence-corrected chi connectivity index (χ2v) is 11.4. The molecule has 4 aromatic rings. The minimum Gasteiger partial charge on any atom is -0.349 e. The number of carbonyl (C=O) groups is 2. The first-order valence-corrected chi connectivity index (χ1v) is 13.9. The first kappa shape index (κ1) is 22.7. The van der Waals surface area contributed by atoms with Crippen molar-refractivity contribution in [2.45, 2.75) is 44.1 Å². The summed E-state index contributed by atoms with van der Waals surface area (Å²) >= 11 is 9.36. The molecule has 2 amide bonds. The zero-order valence-electron chi connectivity index (χ0n) is 18.9. The number of fused-ring (bicyclic) bond motifs is 1. The molecule has 2 aliphatic rings. The predicted octanol–water partition coefficient (Wildman–Crippen LogP) is 5.47. The van der Waals surface area contributed by atoms with Crippen LogP contribution in [-0.2, 0) is 0 Å². The number of aromatic nitrogens is 3. The number of rotatable bonds is 6. The quantitative estimate of drug-likeness (QED) is 0.362. The molecule has 0 bridgehead atoms. The van der Waals surface area contributed by atoms with Gasteiger partial charge in [0.05, 0.1) is 16.1 Å². The van der Waals surface area contributed by atoms with Gasteiger partial charge in [-0.25, -0.2) is 9.97 Å². The van der Waals surface area contributed by atoms with E-state index in [0.717, 1.165) is 52.5 Å². The van der Waals surface area contributed by atoms with Crippen LogP contribution in [0.2, 0.25) is 5.02 Å². The average Bonchev–Trinajstić information content (AvgIpc) is 3.27. The lowest BCUT2D eigenvalue weighted by Gasteiger charge is -2.35. The Morgan fingerprint density at radius 2 is 2.09 bits per heavy atom. The van der Waals surface area contributed by atoms with E-state index in [4.69, 9.17) is 16.6 Å². The van der Waals surface area contributed by atoms with E-state index in [2.05, 4.69) is 10.3 Å². The SMILES string of the molecule is O=C(NC[C@@H]1CCCCN1C(=O)c1nc(C2CC2)sc1-c1cccc(Cl)c1)c1cnc2sccn12. The van der Waals surface area contributed by atoms with Gasteiger partial charge in [-0.3, -0.25) is 14.0 Å². The Morgan fingerprint density at radius 1 is 1.20 bits per heavy atom. The molecule has 6 rings (SSSR count). The summed E-state index contributed by atoms with van der Waals surface area (Å²) in [5.74, 6) is 0.213. The Labute approximate surface area is 215 Å². The molecule has 1 atom stereocenters. The number of piperidine rings is 1. The maximum Gasteiger partial charge on any atom is 0.274 e. The molecular weight excluding hydrogens is 502 g/mol. The van der Waals surface area contributed by atoms with E-state index in [0.29, 0.717) is 35.4 Å². The molecule has 3 aromatic heterocycles. The summed E-state index contributed by atoms with van der Waals surface area (Å²) in [4.78, 5) is 39.4. The maximum atomic E-state index is 13.9. The standard InChI is InChI=1S/C25H24ClN5O2S2/c26-17-5-3-4-16(12-17)21-20(29-23(35-21)15-7-8-15)24(33)30-9-2-1-6-18(30)13-27-22(32)19-14-28-25-31(19)10-11-34-25/h3-5,10-12,14-15,18H,1-2,6-9,13H2,(H,27,32)/t18-/m0/s1. The van der Waals surface area contributed by atoms with Crippen LogP contribution in [0.4, 0.5) is 0 Å². The first-order valence-electron chi connectivity index (χ1n) is 11.8. The minimum absolute atomic E-state index is 0.0633. The lowest BCUT2D eigenvalue weighted by atomic mass is 10.0. The minimum atomic E-state index is -0.182. The highest BCUT2D eigenvalue weighted by molar-refractivity contribution is 7.15. The molecule has 35 heavy (non-hydrogen) atoms. The normalized spacial score (nSPS) is 18.2. The average molecular weight is 526 g/mol. The van der Waals surface area contributed by atoms with Crippen molar-refractivity contribution in [1.82, 2.24) is 24.6 Å². The summed E-state index contributed by atoms with van der Waals surface area (Å²) in [7, 11) is 0. The smallest absolute Gasteiger partial charge is 0.274 e. The van der Waals surface area contributed by atoms with E-state index in [-0.39, 0.29) is 17.9 Å². The molecule has 0 unspecified atom stereocenters. The molecule has 1 N–H and O–H groups in total. The molecular formula is C25H24ClN5O2S2. The first-order chi connectivity index (χ1) is 17.1. The molecule has 1 aromatic carbocycles. The third-order valence-corrected chi connectivity index (χ3v) is 8.90. The fourth-order valence-electron chi connectivity index (χ4n) is 4.62. The number of hydrogen-bond donors (Lipinski definition) is 1. The number of imidazole rings is 1. The molecule has 1 saturated heterocycles. The monoisotopic (exact) mass is 525 g/mol. The fourth-order valence-corrected chi connectivity index (χ4v) is 6.73. The van der Waals surface area contributed by atoms with Crippen LogP contribution in [0, 0.1) is 0 Å². The van der Waals surface area contributed by atoms with E-state index in [1.165, 1.54) is 11.3 Å². The van der Waals surface area contributed by atoms with Crippen molar-refractivity contribution in [2.75, 3.05) is 13.1 Å². The fraction of sp³-hybridized carbons (Fsp3) is 0.360. The Bertz CT molecular complexity index is 1410. The Hall–Kier alpha value is -2.75. The van der Waals surface area contributed by atoms with Gasteiger partial charge in [0.2, 0.25) is 0 Å². The summed E-state index contributed by atoms with van der Waals surface area (Å²) in [6.07, 6.45) is 8.50. The third kappa shape index (κ3) is 4.48. The van der Waals surface area contributed by atoms with Crippen molar-refractivity contribution in [3.8, 4) is 10.4 Å². The largest absolute Gasteiger partial charge is 0.349 e. The zero-order chi connectivity index (χ0) is 23.9. The number of amides is 2. The van der Waals surface area contributed by atoms with Crippen molar-refractivity contribution >= 4 is 51.0 Å². The van der Waals surface area contributed by atoms with E-state index in [1.807, 2.05) is 40.7 Å². The summed E-state index contributed by atoms with van der Waals surface area (Å²) in [5.41, 5.74) is 1.94. The van der Waals surface area contributed by atoms with Crippen LogP contribution in [0.1, 0.15) is 64.0 Å². The number of thiazole rings is 2. The summed E-state index contributed by atoms with van der Waals surface area (Å²) in [6.45, 7) is 1.06. The number of hydrogen-bond acceptors (Lipinski definition) is 6. The lowest BCUT2D eigenvalue weighted by molar-refractivity contribution is 0.0597. The molecule has 10 heteroatoms.